The van der Waals surface area contributed by atoms with Crippen molar-refractivity contribution in [3.8, 4) is 0 Å². The minimum absolute atomic E-state index is 0.0312. The molecule has 0 amide bonds. The number of carbonyl (C=O) groups excluding carboxylic acids is 2. The molecule has 122 valence electrons. The van der Waals surface area contributed by atoms with Gasteiger partial charge in [-0.15, -0.1) is 0 Å². The van der Waals surface area contributed by atoms with Crippen LogP contribution in [0.4, 0.5) is 0 Å². The lowest BCUT2D eigenvalue weighted by Crippen LogP contribution is -2.24. The van der Waals surface area contributed by atoms with E-state index in [-0.39, 0.29) is 12.6 Å². The highest BCUT2D eigenvalue weighted by molar-refractivity contribution is 5.87. The van der Waals surface area contributed by atoms with Crippen molar-refractivity contribution >= 4 is 11.9 Å². The first-order valence-corrected chi connectivity index (χ1v) is 7.40. The number of aromatic nitrogens is 2. The maximum absolute atomic E-state index is 12.3. The predicted molar refractivity (Wildman–Crippen MR) is 84.0 cm³/mol. The van der Waals surface area contributed by atoms with Crippen molar-refractivity contribution in [2.45, 2.75) is 32.9 Å². The second-order valence-electron chi connectivity index (χ2n) is 5.29. The summed E-state index contributed by atoms with van der Waals surface area (Å²) in [6, 6.07) is 9.76. The van der Waals surface area contributed by atoms with Gasteiger partial charge in [-0.1, -0.05) is 30.3 Å². The third-order valence-corrected chi connectivity index (χ3v) is 3.40. The molecule has 2 atom stereocenters. The fourth-order valence-corrected chi connectivity index (χ4v) is 2.18. The summed E-state index contributed by atoms with van der Waals surface area (Å²) in [6.45, 7) is 4.99. The third-order valence-electron chi connectivity index (χ3n) is 3.40. The zero-order chi connectivity index (χ0) is 16.8. The highest BCUT2D eigenvalue weighted by Gasteiger charge is 2.20. The quantitative estimate of drug-likeness (QED) is 0.766. The molecule has 23 heavy (non-hydrogen) atoms. The van der Waals surface area contributed by atoms with E-state index in [9.17, 15) is 9.59 Å². The monoisotopic (exact) mass is 316 g/mol. The average molecular weight is 316 g/mol. The van der Waals surface area contributed by atoms with Gasteiger partial charge in [-0.05, 0) is 19.4 Å². The van der Waals surface area contributed by atoms with Gasteiger partial charge in [0.15, 0.2) is 0 Å². The van der Waals surface area contributed by atoms with Gasteiger partial charge >= 0.3 is 11.9 Å². The van der Waals surface area contributed by atoms with E-state index < -0.39 is 18.0 Å². The summed E-state index contributed by atoms with van der Waals surface area (Å²) < 4.78 is 11.9. The zero-order valence-corrected chi connectivity index (χ0v) is 13.4. The Bertz CT molecular complexity index is 666. The lowest BCUT2D eigenvalue weighted by Gasteiger charge is -2.18. The summed E-state index contributed by atoms with van der Waals surface area (Å²) in [7, 11) is 0. The van der Waals surface area contributed by atoms with Crippen molar-refractivity contribution < 1.29 is 19.1 Å². The average Bonchev–Trinajstić information content (AvgIpc) is 3.02. The molecule has 0 aliphatic rings. The SMILES string of the molecule is CC(=O)OCC(C)OC(=O)c1cncn1[C@H](C)c1ccccc1. The molecule has 1 heterocycles. The molecule has 2 aromatic rings. The highest BCUT2D eigenvalue weighted by Crippen LogP contribution is 2.20. The Labute approximate surface area is 135 Å². The number of imidazole rings is 1. The number of rotatable bonds is 6. The topological polar surface area (TPSA) is 70.4 Å². The Balaban J connectivity index is 2.08. The van der Waals surface area contributed by atoms with Crippen LogP contribution in [-0.2, 0) is 14.3 Å². The summed E-state index contributed by atoms with van der Waals surface area (Å²) in [5.74, 6) is -0.902. The predicted octanol–water partition coefficient (Wildman–Crippen LogP) is 2.60. The van der Waals surface area contributed by atoms with E-state index >= 15 is 0 Å². The summed E-state index contributed by atoms with van der Waals surface area (Å²) in [4.78, 5) is 27.1. The van der Waals surface area contributed by atoms with Gasteiger partial charge in [-0.25, -0.2) is 9.78 Å². The van der Waals surface area contributed by atoms with Crippen molar-refractivity contribution in [2.24, 2.45) is 0 Å². The van der Waals surface area contributed by atoms with Crippen LogP contribution < -0.4 is 0 Å². The molecule has 0 fully saturated rings. The van der Waals surface area contributed by atoms with E-state index in [1.165, 1.54) is 13.1 Å². The third kappa shape index (κ3) is 4.42. The normalized spacial score (nSPS) is 13.2. The van der Waals surface area contributed by atoms with Gasteiger partial charge in [0.1, 0.15) is 18.4 Å². The van der Waals surface area contributed by atoms with Crippen LogP contribution in [-0.4, -0.2) is 34.2 Å². The molecule has 0 spiro atoms. The maximum Gasteiger partial charge on any atom is 0.357 e. The highest BCUT2D eigenvalue weighted by atomic mass is 16.6. The van der Waals surface area contributed by atoms with Crippen LogP contribution in [0.5, 0.6) is 0 Å². The van der Waals surface area contributed by atoms with Crippen LogP contribution >= 0.6 is 0 Å². The van der Waals surface area contributed by atoms with Crippen LogP contribution in [0.1, 0.15) is 42.9 Å². The molecule has 0 bridgehead atoms. The number of hydrogen-bond acceptors (Lipinski definition) is 5. The molecule has 1 unspecified atom stereocenters. The van der Waals surface area contributed by atoms with Crippen LogP contribution in [0.2, 0.25) is 0 Å². The minimum Gasteiger partial charge on any atom is -0.462 e. The van der Waals surface area contributed by atoms with E-state index in [0.717, 1.165) is 5.56 Å². The lowest BCUT2D eigenvalue weighted by atomic mass is 10.1. The van der Waals surface area contributed by atoms with Crippen LogP contribution in [0.3, 0.4) is 0 Å². The molecule has 1 aromatic carbocycles. The van der Waals surface area contributed by atoms with Gasteiger partial charge in [0, 0.05) is 6.92 Å². The standard InChI is InChI=1S/C17H20N2O4/c1-12(10-22-14(3)20)23-17(21)16-9-18-11-19(16)13(2)15-7-5-4-6-8-15/h4-9,11-13H,10H2,1-3H3/t12?,13-/m1/s1. The van der Waals surface area contributed by atoms with Crippen molar-refractivity contribution in [3.05, 3.63) is 54.1 Å². The molecule has 0 N–H and O–H groups in total. The van der Waals surface area contributed by atoms with Gasteiger partial charge in [0.2, 0.25) is 0 Å². The Kier molecular flexibility index (Phi) is 5.51. The van der Waals surface area contributed by atoms with Gasteiger partial charge in [0.25, 0.3) is 0 Å². The second-order valence-corrected chi connectivity index (χ2v) is 5.29. The number of carbonyl (C=O) groups is 2. The van der Waals surface area contributed by atoms with Crippen molar-refractivity contribution in [1.29, 1.82) is 0 Å². The first-order chi connectivity index (χ1) is 11.0. The van der Waals surface area contributed by atoms with Crippen LogP contribution in [0.15, 0.2) is 42.9 Å². The van der Waals surface area contributed by atoms with Crippen molar-refractivity contribution in [3.63, 3.8) is 0 Å². The molecule has 0 saturated carbocycles. The molecule has 6 heteroatoms. The summed E-state index contributed by atoms with van der Waals surface area (Å²) in [5, 5.41) is 0. The van der Waals surface area contributed by atoms with Gasteiger partial charge < -0.3 is 14.0 Å². The Morgan fingerprint density at radius 1 is 1.22 bits per heavy atom. The Morgan fingerprint density at radius 2 is 1.91 bits per heavy atom. The van der Waals surface area contributed by atoms with E-state index in [1.807, 2.05) is 37.3 Å². The minimum atomic E-state index is -0.526. The first kappa shape index (κ1) is 16.7. The Hall–Kier alpha value is -2.63. The molecule has 2 rings (SSSR count). The van der Waals surface area contributed by atoms with E-state index in [2.05, 4.69) is 4.98 Å². The van der Waals surface area contributed by atoms with Crippen molar-refractivity contribution in [2.75, 3.05) is 6.61 Å². The van der Waals surface area contributed by atoms with E-state index in [0.29, 0.717) is 5.69 Å². The summed E-state index contributed by atoms with van der Waals surface area (Å²) in [6.07, 6.45) is 2.55. The van der Waals surface area contributed by atoms with Crippen molar-refractivity contribution in [1.82, 2.24) is 9.55 Å². The van der Waals surface area contributed by atoms with Gasteiger partial charge in [-0.3, -0.25) is 4.79 Å². The molecular formula is C17H20N2O4. The Morgan fingerprint density at radius 3 is 2.57 bits per heavy atom. The molecule has 6 nitrogen and oxygen atoms in total. The maximum atomic E-state index is 12.3. The van der Waals surface area contributed by atoms with E-state index in [1.54, 1.807) is 17.8 Å². The van der Waals surface area contributed by atoms with Gasteiger partial charge in [0.05, 0.1) is 18.6 Å². The van der Waals surface area contributed by atoms with E-state index in [4.69, 9.17) is 9.47 Å². The molecule has 0 saturated heterocycles. The summed E-state index contributed by atoms with van der Waals surface area (Å²) >= 11 is 0. The number of benzene rings is 1. The number of hydrogen-bond donors (Lipinski definition) is 0. The molecule has 0 radical (unpaired) electrons. The lowest BCUT2D eigenvalue weighted by molar-refractivity contribution is -0.143. The fraction of sp³-hybridized carbons (Fsp3) is 0.353. The van der Waals surface area contributed by atoms with Crippen LogP contribution in [0.25, 0.3) is 0 Å². The number of ether oxygens (including phenoxy) is 2. The largest absolute Gasteiger partial charge is 0.462 e. The second kappa shape index (κ2) is 7.58. The number of nitrogens with zero attached hydrogens (tertiary/aromatic N) is 2. The fourth-order valence-electron chi connectivity index (χ4n) is 2.18. The number of esters is 2. The van der Waals surface area contributed by atoms with Gasteiger partial charge in [-0.2, -0.15) is 0 Å². The summed E-state index contributed by atoms with van der Waals surface area (Å²) in [5.41, 5.74) is 1.42. The molecule has 0 aliphatic carbocycles. The molecule has 1 aromatic heterocycles. The smallest absolute Gasteiger partial charge is 0.357 e. The zero-order valence-electron chi connectivity index (χ0n) is 13.4. The molecular weight excluding hydrogens is 296 g/mol. The van der Waals surface area contributed by atoms with Crippen LogP contribution in [0, 0.1) is 0 Å². The first-order valence-electron chi connectivity index (χ1n) is 7.40. The molecule has 0 aliphatic heterocycles.